The van der Waals surface area contributed by atoms with Gasteiger partial charge in [-0.25, -0.2) is 0 Å². The van der Waals surface area contributed by atoms with E-state index in [2.05, 4.69) is 0 Å². The highest BCUT2D eigenvalue weighted by Crippen LogP contribution is 2.36. The van der Waals surface area contributed by atoms with Crippen LogP contribution in [0.25, 0.3) is 0 Å². The molecule has 0 atom stereocenters. The lowest BCUT2D eigenvalue weighted by molar-refractivity contribution is -0.142. The Balaban J connectivity index is 2.04. The van der Waals surface area contributed by atoms with Gasteiger partial charge in [-0.2, -0.15) is 0 Å². The molecule has 3 rings (SSSR count). The van der Waals surface area contributed by atoms with Gasteiger partial charge in [0.15, 0.2) is 11.6 Å². The molecule has 0 bridgehead atoms. The van der Waals surface area contributed by atoms with Gasteiger partial charge in [0.25, 0.3) is 0 Å². The summed E-state index contributed by atoms with van der Waals surface area (Å²) in [5.74, 6) is -1.17. The normalized spacial score (nSPS) is 13.3. The molecule has 0 amide bonds. The summed E-state index contributed by atoms with van der Waals surface area (Å²) in [7, 11) is 2.67. The Morgan fingerprint density at radius 3 is 1.34 bits per heavy atom. The molecule has 1 aliphatic rings. The van der Waals surface area contributed by atoms with E-state index in [1.807, 2.05) is 27.7 Å². The molecule has 32 heavy (non-hydrogen) atoms. The fraction of sp³-hybridized carbons (Fsp3) is 0.385. The van der Waals surface area contributed by atoms with Crippen molar-refractivity contribution in [2.75, 3.05) is 14.2 Å². The topological polar surface area (TPSA) is 86.7 Å². The number of ether oxygens (including phenoxy) is 2. The van der Waals surface area contributed by atoms with E-state index < -0.39 is 10.8 Å². The molecule has 168 valence electrons. The molecular formula is C26H28O6. The minimum absolute atomic E-state index is 0.146. The molecule has 2 aromatic carbocycles. The zero-order valence-electron chi connectivity index (χ0n) is 19.3. The van der Waals surface area contributed by atoms with E-state index in [0.717, 1.165) is 11.1 Å². The molecule has 0 saturated heterocycles. The maximum absolute atomic E-state index is 13.4. The number of esters is 2. The van der Waals surface area contributed by atoms with E-state index in [0.29, 0.717) is 22.3 Å². The van der Waals surface area contributed by atoms with Gasteiger partial charge in [-0.05, 0) is 35.4 Å². The highest BCUT2D eigenvalue weighted by Gasteiger charge is 2.34. The van der Waals surface area contributed by atoms with Crippen molar-refractivity contribution >= 4 is 23.5 Å². The van der Waals surface area contributed by atoms with E-state index in [1.54, 1.807) is 36.4 Å². The van der Waals surface area contributed by atoms with Gasteiger partial charge in [0, 0.05) is 33.1 Å². The van der Waals surface area contributed by atoms with Crippen LogP contribution >= 0.6 is 0 Å². The summed E-state index contributed by atoms with van der Waals surface area (Å²) >= 11 is 0. The Kier molecular flexibility index (Phi) is 6.09. The Hall–Kier alpha value is -3.28. The first-order chi connectivity index (χ1) is 14.9. The second-order valence-corrected chi connectivity index (χ2v) is 9.45. The van der Waals surface area contributed by atoms with Gasteiger partial charge in [0.2, 0.25) is 0 Å². The van der Waals surface area contributed by atoms with Crippen LogP contribution in [0.1, 0.15) is 83.5 Å². The number of carbonyl (C=O) groups excluding carboxylic acids is 4. The van der Waals surface area contributed by atoms with E-state index in [4.69, 9.17) is 9.47 Å². The number of benzene rings is 2. The third-order valence-corrected chi connectivity index (χ3v) is 6.21. The van der Waals surface area contributed by atoms with Crippen LogP contribution in [0.15, 0.2) is 36.4 Å². The van der Waals surface area contributed by atoms with Crippen LogP contribution in [-0.4, -0.2) is 37.7 Å². The molecule has 6 heteroatoms. The fourth-order valence-electron chi connectivity index (χ4n) is 4.06. The zero-order valence-corrected chi connectivity index (χ0v) is 19.3. The summed E-state index contributed by atoms with van der Waals surface area (Å²) in [6, 6.07) is 10.3. The monoisotopic (exact) mass is 436 g/mol. The summed E-state index contributed by atoms with van der Waals surface area (Å²) < 4.78 is 9.59. The Morgan fingerprint density at radius 2 is 1.00 bits per heavy atom. The highest BCUT2D eigenvalue weighted by atomic mass is 16.5. The van der Waals surface area contributed by atoms with Gasteiger partial charge in [-0.1, -0.05) is 39.8 Å². The van der Waals surface area contributed by atoms with Crippen molar-refractivity contribution in [2.45, 2.75) is 51.4 Å². The first kappa shape index (κ1) is 23.4. The van der Waals surface area contributed by atoms with Crippen molar-refractivity contribution in [1.29, 1.82) is 0 Å². The largest absolute Gasteiger partial charge is 0.469 e. The zero-order chi connectivity index (χ0) is 23.8. The number of rotatable bonds is 6. The molecule has 0 heterocycles. The van der Waals surface area contributed by atoms with Crippen molar-refractivity contribution < 1.29 is 28.7 Å². The molecule has 0 fully saturated rings. The predicted octanol–water partition coefficient (Wildman–Crippen LogP) is 4.14. The summed E-state index contributed by atoms with van der Waals surface area (Å²) in [5, 5.41) is 0. The van der Waals surface area contributed by atoms with Gasteiger partial charge in [-0.3, -0.25) is 19.2 Å². The Morgan fingerprint density at radius 1 is 0.656 bits per heavy atom. The molecule has 2 aromatic rings. The number of hydrogen-bond donors (Lipinski definition) is 0. The summed E-state index contributed by atoms with van der Waals surface area (Å²) in [4.78, 5) is 50.2. The van der Waals surface area contributed by atoms with E-state index in [-0.39, 0.29) is 36.3 Å². The first-order valence-corrected chi connectivity index (χ1v) is 10.4. The van der Waals surface area contributed by atoms with Gasteiger partial charge in [0.1, 0.15) is 0 Å². The summed E-state index contributed by atoms with van der Waals surface area (Å²) in [6.07, 6.45) is 0.291. The minimum Gasteiger partial charge on any atom is -0.469 e. The van der Waals surface area contributed by atoms with Gasteiger partial charge in [0.05, 0.1) is 27.1 Å². The molecule has 0 aliphatic heterocycles. The maximum atomic E-state index is 13.4. The Bertz CT molecular complexity index is 1040. The predicted molar refractivity (Wildman–Crippen MR) is 119 cm³/mol. The first-order valence-electron chi connectivity index (χ1n) is 10.4. The van der Waals surface area contributed by atoms with E-state index in [9.17, 15) is 19.2 Å². The lowest BCUT2D eigenvalue weighted by atomic mass is 9.75. The minimum atomic E-state index is -0.573. The molecule has 0 spiro atoms. The van der Waals surface area contributed by atoms with Crippen LogP contribution < -0.4 is 0 Å². The molecule has 0 N–H and O–H groups in total. The molecule has 0 aromatic heterocycles. The summed E-state index contributed by atoms with van der Waals surface area (Å²) in [5.41, 5.74) is 1.73. The number of carbonyl (C=O) groups is 4. The van der Waals surface area contributed by atoms with Gasteiger partial charge >= 0.3 is 11.9 Å². The standard InChI is InChI=1S/C26H28O6/c1-25(2,13-21(27)31-5)15-7-9-17-19(11-15)24(30)20-12-16(8-10-18(20)23(17)29)26(3,4)14-22(28)32-6/h7-12H,13-14H2,1-6H3. The molecule has 6 nitrogen and oxygen atoms in total. The average molecular weight is 437 g/mol. The smallest absolute Gasteiger partial charge is 0.306 e. The van der Waals surface area contributed by atoms with Gasteiger partial charge in [-0.15, -0.1) is 0 Å². The maximum Gasteiger partial charge on any atom is 0.306 e. The number of methoxy groups -OCH3 is 2. The van der Waals surface area contributed by atoms with Crippen LogP contribution in [0, 0.1) is 0 Å². The highest BCUT2D eigenvalue weighted by molar-refractivity contribution is 6.28. The lowest BCUT2D eigenvalue weighted by Gasteiger charge is -2.28. The van der Waals surface area contributed by atoms with Crippen molar-refractivity contribution in [3.05, 3.63) is 69.8 Å². The Labute approximate surface area is 187 Å². The molecular weight excluding hydrogens is 408 g/mol. The van der Waals surface area contributed by atoms with E-state index in [1.165, 1.54) is 14.2 Å². The average Bonchev–Trinajstić information content (AvgIpc) is 2.75. The third kappa shape index (κ3) is 4.22. The number of fused-ring (bicyclic) bond motifs is 2. The second kappa shape index (κ2) is 8.34. The van der Waals surface area contributed by atoms with Crippen LogP contribution in [0.3, 0.4) is 0 Å². The van der Waals surface area contributed by atoms with Crippen molar-refractivity contribution in [1.82, 2.24) is 0 Å². The molecule has 0 radical (unpaired) electrons. The fourth-order valence-corrected chi connectivity index (χ4v) is 4.06. The number of hydrogen-bond acceptors (Lipinski definition) is 6. The second-order valence-electron chi connectivity index (χ2n) is 9.45. The summed E-state index contributed by atoms with van der Waals surface area (Å²) in [6.45, 7) is 7.56. The lowest BCUT2D eigenvalue weighted by Crippen LogP contribution is -2.27. The van der Waals surface area contributed by atoms with Crippen molar-refractivity contribution in [2.24, 2.45) is 0 Å². The van der Waals surface area contributed by atoms with Crippen LogP contribution in [0.2, 0.25) is 0 Å². The van der Waals surface area contributed by atoms with Crippen molar-refractivity contribution in [3.8, 4) is 0 Å². The van der Waals surface area contributed by atoms with E-state index >= 15 is 0 Å². The number of ketones is 2. The van der Waals surface area contributed by atoms with Crippen molar-refractivity contribution in [3.63, 3.8) is 0 Å². The van der Waals surface area contributed by atoms with Gasteiger partial charge < -0.3 is 9.47 Å². The van der Waals surface area contributed by atoms with Crippen LogP contribution in [-0.2, 0) is 29.9 Å². The quantitative estimate of drug-likeness (QED) is 0.540. The third-order valence-electron chi connectivity index (χ3n) is 6.21. The van der Waals surface area contributed by atoms with Crippen LogP contribution in [0.5, 0.6) is 0 Å². The molecule has 1 aliphatic carbocycles. The van der Waals surface area contributed by atoms with Crippen LogP contribution in [0.4, 0.5) is 0 Å². The molecule has 0 unspecified atom stereocenters. The molecule has 0 saturated carbocycles. The SMILES string of the molecule is COC(=O)CC(C)(C)c1ccc2c(c1)C(=O)c1cc(C(C)(C)CC(=O)OC)ccc1C2=O.